The first-order valence-electron chi connectivity index (χ1n) is 5.56. The Balaban J connectivity index is 2.10. The Morgan fingerprint density at radius 3 is 2.68 bits per heavy atom. The molecule has 2 aromatic rings. The molecule has 0 aliphatic rings. The maximum absolute atomic E-state index is 11.8. The average molecular weight is 388 g/mol. The van der Waals surface area contributed by atoms with Crippen LogP contribution in [0.1, 0.15) is 5.56 Å². The Kier molecular flexibility index (Phi) is 4.66. The molecule has 1 N–H and O–H groups in total. The highest BCUT2D eigenvalue weighted by Gasteiger charge is 2.10. The highest BCUT2D eigenvalue weighted by Crippen LogP contribution is 2.24. The second-order valence-electron chi connectivity index (χ2n) is 3.86. The second-order valence-corrected chi connectivity index (χ2v) is 5.43. The Morgan fingerprint density at radius 2 is 1.95 bits per heavy atom. The van der Waals surface area contributed by atoms with E-state index in [4.69, 9.17) is 16.3 Å². The third kappa shape index (κ3) is 3.61. The number of nitrogens with one attached hydrogen (secondary N) is 1. The van der Waals surface area contributed by atoms with Gasteiger partial charge in [-0.3, -0.25) is 5.32 Å². The predicted molar refractivity (Wildman–Crippen MR) is 85.0 cm³/mol. The van der Waals surface area contributed by atoms with E-state index in [0.29, 0.717) is 16.5 Å². The van der Waals surface area contributed by atoms with Crippen molar-refractivity contribution in [3.63, 3.8) is 0 Å². The van der Waals surface area contributed by atoms with Gasteiger partial charge < -0.3 is 4.74 Å². The van der Waals surface area contributed by atoms with Crippen LogP contribution in [0, 0.1) is 10.5 Å². The van der Waals surface area contributed by atoms with Crippen LogP contribution in [-0.2, 0) is 0 Å². The molecule has 0 aliphatic carbocycles. The second kappa shape index (κ2) is 6.25. The fraction of sp³-hybridized carbons (Fsp3) is 0.0714. The van der Waals surface area contributed by atoms with E-state index in [2.05, 4.69) is 27.9 Å². The van der Waals surface area contributed by atoms with Gasteiger partial charge >= 0.3 is 6.09 Å². The van der Waals surface area contributed by atoms with Crippen molar-refractivity contribution in [3.05, 3.63) is 56.6 Å². The first-order valence-corrected chi connectivity index (χ1v) is 7.02. The van der Waals surface area contributed by atoms with Crippen LogP contribution in [0.3, 0.4) is 0 Å². The molecule has 0 aromatic heterocycles. The summed E-state index contributed by atoms with van der Waals surface area (Å²) in [6, 6.07) is 12.6. The van der Waals surface area contributed by atoms with Gasteiger partial charge in [-0.2, -0.15) is 0 Å². The molecule has 0 unspecified atom stereocenters. The molecule has 98 valence electrons. The lowest BCUT2D eigenvalue weighted by Crippen LogP contribution is -2.17. The van der Waals surface area contributed by atoms with Crippen molar-refractivity contribution in [2.45, 2.75) is 6.92 Å². The lowest BCUT2D eigenvalue weighted by atomic mass is 10.2. The minimum atomic E-state index is -0.533. The van der Waals surface area contributed by atoms with Crippen molar-refractivity contribution in [2.75, 3.05) is 5.32 Å². The van der Waals surface area contributed by atoms with Gasteiger partial charge in [-0.05, 0) is 59.3 Å². The lowest BCUT2D eigenvalue weighted by molar-refractivity contribution is 0.215. The van der Waals surface area contributed by atoms with Gasteiger partial charge in [-0.1, -0.05) is 29.8 Å². The van der Waals surface area contributed by atoms with Crippen LogP contribution in [-0.4, -0.2) is 6.09 Å². The minimum Gasteiger partial charge on any atom is -0.409 e. The van der Waals surface area contributed by atoms with Crippen molar-refractivity contribution >= 4 is 46.0 Å². The van der Waals surface area contributed by atoms with E-state index in [-0.39, 0.29) is 0 Å². The van der Waals surface area contributed by atoms with Crippen LogP contribution < -0.4 is 10.1 Å². The number of benzene rings is 2. The van der Waals surface area contributed by atoms with Crippen molar-refractivity contribution in [1.82, 2.24) is 0 Å². The van der Waals surface area contributed by atoms with Gasteiger partial charge in [0.05, 0.1) is 3.57 Å². The molecule has 3 nitrogen and oxygen atoms in total. The van der Waals surface area contributed by atoms with Gasteiger partial charge in [0, 0.05) is 10.7 Å². The van der Waals surface area contributed by atoms with Crippen molar-refractivity contribution in [1.29, 1.82) is 0 Å². The molecule has 0 saturated carbocycles. The Morgan fingerprint density at radius 1 is 1.21 bits per heavy atom. The summed E-state index contributed by atoms with van der Waals surface area (Å²) in [5.41, 5.74) is 1.45. The fourth-order valence-corrected chi connectivity index (χ4v) is 2.18. The highest BCUT2D eigenvalue weighted by atomic mass is 127. The maximum Gasteiger partial charge on any atom is 0.417 e. The number of carbonyl (C=O) groups is 1. The molecule has 2 rings (SSSR count). The van der Waals surface area contributed by atoms with E-state index < -0.39 is 6.09 Å². The summed E-state index contributed by atoms with van der Waals surface area (Å²) in [6.45, 7) is 1.84. The number of hydrogen-bond donors (Lipinski definition) is 1. The number of ether oxygens (including phenoxy) is 1. The number of carbonyl (C=O) groups excluding carboxylic acids is 1. The van der Waals surface area contributed by atoms with Crippen LogP contribution in [0.5, 0.6) is 5.75 Å². The summed E-state index contributed by atoms with van der Waals surface area (Å²) in [6.07, 6.45) is -0.533. The number of amides is 1. The number of para-hydroxylation sites is 1. The van der Waals surface area contributed by atoms with E-state index in [1.54, 1.807) is 24.3 Å². The molecule has 0 atom stereocenters. The monoisotopic (exact) mass is 387 g/mol. The van der Waals surface area contributed by atoms with Gasteiger partial charge in [-0.15, -0.1) is 0 Å². The van der Waals surface area contributed by atoms with E-state index in [0.717, 1.165) is 9.13 Å². The quantitative estimate of drug-likeness (QED) is 0.747. The largest absolute Gasteiger partial charge is 0.417 e. The third-order valence-corrected chi connectivity index (χ3v) is 3.84. The molecular weight excluding hydrogens is 377 g/mol. The van der Waals surface area contributed by atoms with Gasteiger partial charge in [0.1, 0.15) is 5.75 Å². The summed E-state index contributed by atoms with van der Waals surface area (Å²) in [5, 5.41) is 3.28. The molecule has 5 heteroatoms. The zero-order chi connectivity index (χ0) is 13.8. The molecule has 2 aromatic carbocycles. The van der Waals surface area contributed by atoms with Crippen LogP contribution >= 0.6 is 34.2 Å². The molecule has 19 heavy (non-hydrogen) atoms. The van der Waals surface area contributed by atoms with Crippen LogP contribution in [0.15, 0.2) is 42.5 Å². The van der Waals surface area contributed by atoms with Gasteiger partial charge in [0.25, 0.3) is 0 Å². The maximum atomic E-state index is 11.8. The van der Waals surface area contributed by atoms with Crippen molar-refractivity contribution < 1.29 is 9.53 Å². The summed E-state index contributed by atoms with van der Waals surface area (Å²) >= 11 is 8.10. The molecule has 0 fully saturated rings. The molecule has 0 spiro atoms. The number of rotatable bonds is 2. The molecule has 0 saturated heterocycles. The molecule has 0 heterocycles. The molecule has 0 aliphatic heterocycles. The summed E-state index contributed by atoms with van der Waals surface area (Å²) < 4.78 is 6.12. The van der Waals surface area contributed by atoms with Gasteiger partial charge in [0.2, 0.25) is 0 Å². The smallest absolute Gasteiger partial charge is 0.409 e. The fourth-order valence-electron chi connectivity index (χ4n) is 1.51. The summed E-state index contributed by atoms with van der Waals surface area (Å²) in [7, 11) is 0. The van der Waals surface area contributed by atoms with Gasteiger partial charge in [0.15, 0.2) is 0 Å². The zero-order valence-electron chi connectivity index (χ0n) is 10.1. The van der Waals surface area contributed by atoms with E-state index in [1.165, 1.54) is 0 Å². The Hall–Kier alpha value is -1.27. The molecular formula is C14H11ClINO2. The highest BCUT2D eigenvalue weighted by molar-refractivity contribution is 14.1. The van der Waals surface area contributed by atoms with E-state index in [1.807, 2.05) is 25.1 Å². The Labute approximate surface area is 130 Å². The van der Waals surface area contributed by atoms with Gasteiger partial charge in [-0.25, -0.2) is 4.79 Å². The molecule has 1 amide bonds. The number of anilines is 1. The van der Waals surface area contributed by atoms with Crippen LogP contribution in [0.25, 0.3) is 0 Å². The predicted octanol–water partition coefficient (Wildman–Crippen LogP) is 4.86. The van der Waals surface area contributed by atoms with E-state index >= 15 is 0 Å². The normalized spacial score (nSPS) is 10.1. The van der Waals surface area contributed by atoms with Crippen molar-refractivity contribution in [2.24, 2.45) is 0 Å². The van der Waals surface area contributed by atoms with Crippen LogP contribution in [0.4, 0.5) is 10.5 Å². The zero-order valence-corrected chi connectivity index (χ0v) is 13.0. The van der Waals surface area contributed by atoms with E-state index in [9.17, 15) is 4.79 Å². The third-order valence-electron chi connectivity index (χ3n) is 2.54. The first-order chi connectivity index (χ1) is 9.08. The lowest BCUT2D eigenvalue weighted by Gasteiger charge is -2.10. The topological polar surface area (TPSA) is 38.3 Å². The summed E-state index contributed by atoms with van der Waals surface area (Å²) in [4.78, 5) is 11.8. The standard InChI is InChI=1S/C14H11ClINO2/c1-9-10(15)5-4-7-12(9)17-14(18)19-13-8-3-2-6-11(13)16/h2-8H,1H3,(H,17,18). The first kappa shape index (κ1) is 14.1. The minimum absolute atomic E-state index is 0.528. The number of hydrogen-bond acceptors (Lipinski definition) is 2. The Bertz CT molecular complexity index is 616. The van der Waals surface area contributed by atoms with Crippen molar-refractivity contribution in [3.8, 4) is 5.75 Å². The number of halogens is 2. The van der Waals surface area contributed by atoms with Crippen LogP contribution in [0.2, 0.25) is 5.02 Å². The molecule has 0 radical (unpaired) electrons. The SMILES string of the molecule is Cc1c(Cl)cccc1NC(=O)Oc1ccccc1I. The average Bonchev–Trinajstić information content (AvgIpc) is 2.38. The molecule has 0 bridgehead atoms. The summed E-state index contributed by atoms with van der Waals surface area (Å²) in [5.74, 6) is 0.528.